The van der Waals surface area contributed by atoms with Gasteiger partial charge in [0.25, 0.3) is 0 Å². The first kappa shape index (κ1) is 44.4. The molecular weight excluding hydrogens is 548 g/mol. The SMILES string of the molecule is CCCCCCCC/C=C\CCCCCCCC(=O)[O-].CCCCCCCC/C=C\CCCCCCCC(=O)[O-].[Cr+2]. The van der Waals surface area contributed by atoms with Crippen molar-refractivity contribution in [2.24, 2.45) is 0 Å². The van der Waals surface area contributed by atoms with E-state index in [-0.39, 0.29) is 30.2 Å². The molecule has 0 aromatic heterocycles. The van der Waals surface area contributed by atoms with Crippen LogP contribution < -0.4 is 10.2 Å². The van der Waals surface area contributed by atoms with Gasteiger partial charge in [0, 0.05) is 11.9 Å². The van der Waals surface area contributed by atoms with E-state index in [0.29, 0.717) is 0 Å². The Kier molecular flexibility index (Phi) is 44.5. The van der Waals surface area contributed by atoms with E-state index < -0.39 is 11.9 Å². The Morgan fingerprint density at radius 3 is 0.854 bits per heavy atom. The maximum atomic E-state index is 10.2. The molecule has 0 atom stereocenters. The minimum absolute atomic E-state index is 0. The van der Waals surface area contributed by atoms with Crippen LogP contribution >= 0.6 is 0 Å². The van der Waals surface area contributed by atoms with Crippen LogP contribution in [0, 0.1) is 0 Å². The van der Waals surface area contributed by atoms with Gasteiger partial charge < -0.3 is 19.8 Å². The van der Waals surface area contributed by atoms with Gasteiger partial charge in [-0.05, 0) is 77.0 Å². The van der Waals surface area contributed by atoms with Crippen LogP contribution in [0.25, 0.3) is 0 Å². The van der Waals surface area contributed by atoms with Gasteiger partial charge in [-0.2, -0.15) is 0 Å². The molecule has 0 rings (SSSR count). The zero-order valence-electron chi connectivity index (χ0n) is 27.1. The molecule has 0 spiro atoms. The fourth-order valence-electron chi connectivity index (χ4n) is 4.68. The van der Waals surface area contributed by atoms with E-state index in [2.05, 4.69) is 38.2 Å². The summed E-state index contributed by atoms with van der Waals surface area (Å²) >= 11 is 0. The van der Waals surface area contributed by atoms with Crippen molar-refractivity contribution in [3.05, 3.63) is 24.3 Å². The van der Waals surface area contributed by atoms with Crippen LogP contribution in [0.4, 0.5) is 0 Å². The molecule has 0 aromatic carbocycles. The summed E-state index contributed by atoms with van der Waals surface area (Å²) in [6, 6.07) is 0. The van der Waals surface area contributed by atoms with Gasteiger partial charge in [0.05, 0.1) is 0 Å². The molecule has 0 fully saturated rings. The fraction of sp³-hybridized carbons (Fsp3) is 0.833. The van der Waals surface area contributed by atoms with Crippen LogP contribution in [0.5, 0.6) is 0 Å². The number of carbonyl (C=O) groups excluding carboxylic acids is 2. The van der Waals surface area contributed by atoms with Gasteiger partial charge in [0.15, 0.2) is 0 Å². The topological polar surface area (TPSA) is 80.3 Å². The number of unbranched alkanes of at least 4 members (excludes halogenated alkanes) is 22. The van der Waals surface area contributed by atoms with Crippen LogP contribution in [-0.2, 0) is 27.0 Å². The molecule has 240 valence electrons. The number of carboxylic acid groups (broad SMARTS) is 2. The van der Waals surface area contributed by atoms with Gasteiger partial charge >= 0.3 is 17.4 Å². The smallest absolute Gasteiger partial charge is 0.550 e. The second-order valence-corrected chi connectivity index (χ2v) is 11.4. The normalized spacial score (nSPS) is 11.0. The van der Waals surface area contributed by atoms with Crippen LogP contribution in [0.3, 0.4) is 0 Å². The summed E-state index contributed by atoms with van der Waals surface area (Å²) in [6.45, 7) is 4.51. The van der Waals surface area contributed by atoms with Crippen LogP contribution in [0.15, 0.2) is 24.3 Å². The van der Waals surface area contributed by atoms with E-state index in [1.54, 1.807) is 0 Å². The number of rotatable bonds is 30. The predicted molar refractivity (Wildman–Crippen MR) is 169 cm³/mol. The minimum atomic E-state index is -0.914. The van der Waals surface area contributed by atoms with E-state index in [4.69, 9.17) is 0 Å². The molecule has 0 aliphatic rings. The number of aliphatic carboxylic acids is 2. The molecule has 4 nitrogen and oxygen atoms in total. The van der Waals surface area contributed by atoms with Crippen molar-refractivity contribution >= 4 is 11.9 Å². The van der Waals surface area contributed by atoms with Gasteiger partial charge in [-0.3, -0.25) is 0 Å². The van der Waals surface area contributed by atoms with Crippen molar-refractivity contribution in [3.8, 4) is 0 Å². The average Bonchev–Trinajstić information content (AvgIpc) is 2.93. The third-order valence-electron chi connectivity index (χ3n) is 7.29. The molecule has 0 aliphatic carbocycles. The van der Waals surface area contributed by atoms with E-state index in [1.807, 2.05) is 0 Å². The summed E-state index contributed by atoms with van der Waals surface area (Å²) in [7, 11) is 0. The zero-order chi connectivity index (χ0) is 29.8. The van der Waals surface area contributed by atoms with Gasteiger partial charge in [-0.25, -0.2) is 0 Å². The van der Waals surface area contributed by atoms with Crippen LogP contribution in [0.1, 0.15) is 194 Å². The van der Waals surface area contributed by atoms with Crippen molar-refractivity contribution in [1.29, 1.82) is 0 Å². The molecule has 0 bridgehead atoms. The first-order valence-electron chi connectivity index (χ1n) is 17.2. The van der Waals surface area contributed by atoms with Crippen molar-refractivity contribution in [2.75, 3.05) is 0 Å². The van der Waals surface area contributed by atoms with E-state index >= 15 is 0 Å². The van der Waals surface area contributed by atoms with Crippen LogP contribution in [0.2, 0.25) is 0 Å². The Labute approximate surface area is 266 Å². The molecule has 0 amide bonds. The van der Waals surface area contributed by atoms with Crippen molar-refractivity contribution < 1.29 is 37.2 Å². The fourth-order valence-corrected chi connectivity index (χ4v) is 4.68. The summed E-state index contributed by atoms with van der Waals surface area (Å²) in [4.78, 5) is 20.4. The van der Waals surface area contributed by atoms with Gasteiger partial charge in [0.2, 0.25) is 0 Å². The van der Waals surface area contributed by atoms with E-state index in [0.717, 1.165) is 38.5 Å². The van der Waals surface area contributed by atoms with Crippen molar-refractivity contribution in [2.45, 2.75) is 194 Å². The summed E-state index contributed by atoms with van der Waals surface area (Å²) in [5, 5.41) is 20.4. The molecule has 0 saturated heterocycles. The first-order valence-corrected chi connectivity index (χ1v) is 17.2. The third kappa shape index (κ3) is 49.0. The molecule has 0 heterocycles. The Morgan fingerprint density at radius 2 is 0.610 bits per heavy atom. The zero-order valence-corrected chi connectivity index (χ0v) is 28.4. The van der Waals surface area contributed by atoms with E-state index in [1.165, 1.54) is 128 Å². The largest absolute Gasteiger partial charge is 2.00 e. The van der Waals surface area contributed by atoms with Crippen molar-refractivity contribution in [3.63, 3.8) is 0 Å². The van der Waals surface area contributed by atoms with E-state index in [9.17, 15) is 19.8 Å². The molecule has 0 unspecified atom stereocenters. The second kappa shape index (κ2) is 41.1. The summed E-state index contributed by atoms with van der Waals surface area (Å²) in [6.07, 6.45) is 41.8. The van der Waals surface area contributed by atoms with Gasteiger partial charge in [0.1, 0.15) is 0 Å². The third-order valence-corrected chi connectivity index (χ3v) is 7.29. The Balaban J connectivity index is -0.000000688. The van der Waals surface area contributed by atoms with Crippen LogP contribution in [-0.4, -0.2) is 11.9 Å². The molecule has 0 aliphatic heterocycles. The molecule has 0 aromatic rings. The number of carbonyl (C=O) groups is 2. The average molecular weight is 615 g/mol. The second-order valence-electron chi connectivity index (χ2n) is 11.4. The quantitative estimate of drug-likeness (QED) is 0.0596. The molecule has 0 radical (unpaired) electrons. The standard InChI is InChI=1S/2C18H34O2.Cr/c2*1-2-3-4-5-6-7-8-9-10-11-12-13-14-15-16-17-18(19)20;/h2*9-10H,2-8,11-17H2,1H3,(H,19,20);/q;;+2/p-2/b2*10-9-;. The Bertz CT molecular complexity index is 524. The maximum absolute atomic E-state index is 10.2. The van der Waals surface area contributed by atoms with Crippen molar-refractivity contribution in [1.82, 2.24) is 0 Å². The molecule has 0 N–H and O–H groups in total. The summed E-state index contributed by atoms with van der Waals surface area (Å²) in [5.41, 5.74) is 0. The summed E-state index contributed by atoms with van der Waals surface area (Å²) < 4.78 is 0. The Morgan fingerprint density at radius 1 is 0.390 bits per heavy atom. The minimum Gasteiger partial charge on any atom is -0.550 e. The maximum Gasteiger partial charge on any atom is 2.00 e. The first-order chi connectivity index (χ1) is 19.5. The number of hydrogen-bond acceptors (Lipinski definition) is 4. The molecule has 5 heteroatoms. The number of carboxylic acids is 2. The number of hydrogen-bond donors (Lipinski definition) is 0. The van der Waals surface area contributed by atoms with Gasteiger partial charge in [-0.15, -0.1) is 0 Å². The molecular formula is C36H66CrO4. The predicted octanol–water partition coefficient (Wildman–Crippen LogP) is 9.55. The molecule has 41 heavy (non-hydrogen) atoms. The monoisotopic (exact) mass is 614 g/mol. The number of allylic oxidation sites excluding steroid dienone is 4. The summed E-state index contributed by atoms with van der Waals surface area (Å²) in [5.74, 6) is -1.83. The Hall–Kier alpha value is -1.05. The molecule has 0 saturated carbocycles. The van der Waals surface area contributed by atoms with Gasteiger partial charge in [-0.1, -0.05) is 141 Å².